The highest BCUT2D eigenvalue weighted by Gasteiger charge is 2.36. The third-order valence-corrected chi connectivity index (χ3v) is 6.73. The molecule has 2 aromatic carbocycles. The third-order valence-electron chi connectivity index (χ3n) is 4.81. The summed E-state index contributed by atoms with van der Waals surface area (Å²) in [6.45, 7) is 1.36. The fourth-order valence-electron chi connectivity index (χ4n) is 3.50. The molecule has 1 atom stereocenters. The lowest BCUT2D eigenvalue weighted by molar-refractivity contribution is -0.384. The molecule has 0 spiro atoms. The monoisotopic (exact) mass is 390 g/mol. The number of nitro benzene ring substituents is 1. The molecule has 0 aromatic heterocycles. The van der Waals surface area contributed by atoms with Crippen molar-refractivity contribution in [2.24, 2.45) is 0 Å². The van der Waals surface area contributed by atoms with E-state index in [0.29, 0.717) is 37.7 Å². The van der Waals surface area contributed by atoms with E-state index in [-0.39, 0.29) is 16.6 Å². The molecule has 27 heavy (non-hydrogen) atoms. The molecule has 0 aliphatic carbocycles. The van der Waals surface area contributed by atoms with E-state index in [2.05, 4.69) is 0 Å². The number of benzene rings is 2. The van der Waals surface area contributed by atoms with Crippen LogP contribution in [0.15, 0.2) is 47.4 Å². The Morgan fingerprint density at radius 1 is 1.04 bits per heavy atom. The van der Waals surface area contributed by atoms with Gasteiger partial charge in [0.2, 0.25) is 10.0 Å². The molecule has 0 N–H and O–H groups in total. The van der Waals surface area contributed by atoms with Gasteiger partial charge in [-0.2, -0.15) is 4.31 Å². The topological polar surface area (TPSA) is 99.0 Å². The maximum Gasteiger partial charge on any atom is 0.269 e. The largest absolute Gasteiger partial charge is 0.486 e. The van der Waals surface area contributed by atoms with Crippen molar-refractivity contribution in [2.75, 3.05) is 19.8 Å². The number of nitrogens with zero attached hydrogens (tertiary/aromatic N) is 2. The smallest absolute Gasteiger partial charge is 0.269 e. The predicted molar refractivity (Wildman–Crippen MR) is 96.4 cm³/mol. The number of fused-ring (bicyclic) bond motifs is 1. The fraction of sp³-hybridized carbons (Fsp3) is 0.333. The van der Waals surface area contributed by atoms with Crippen LogP contribution < -0.4 is 9.47 Å². The van der Waals surface area contributed by atoms with Crippen LogP contribution in [-0.4, -0.2) is 37.4 Å². The summed E-state index contributed by atoms with van der Waals surface area (Å²) < 4.78 is 38.8. The molecule has 8 nitrogen and oxygen atoms in total. The third kappa shape index (κ3) is 3.24. The first kappa shape index (κ1) is 17.7. The van der Waals surface area contributed by atoms with E-state index < -0.39 is 14.9 Å². The van der Waals surface area contributed by atoms with E-state index in [4.69, 9.17) is 9.47 Å². The van der Waals surface area contributed by atoms with Crippen LogP contribution in [0.3, 0.4) is 0 Å². The van der Waals surface area contributed by atoms with Gasteiger partial charge in [-0.05, 0) is 42.7 Å². The minimum absolute atomic E-state index is 0.0533. The molecule has 0 amide bonds. The van der Waals surface area contributed by atoms with E-state index in [9.17, 15) is 18.5 Å². The zero-order valence-electron chi connectivity index (χ0n) is 14.4. The van der Waals surface area contributed by atoms with E-state index in [1.165, 1.54) is 28.6 Å². The van der Waals surface area contributed by atoms with Gasteiger partial charge < -0.3 is 9.47 Å². The number of hydrogen-bond acceptors (Lipinski definition) is 6. The van der Waals surface area contributed by atoms with Crippen molar-refractivity contribution in [3.8, 4) is 11.5 Å². The molecule has 0 bridgehead atoms. The molecule has 0 radical (unpaired) electrons. The average molecular weight is 390 g/mol. The first-order valence-electron chi connectivity index (χ1n) is 8.63. The highest BCUT2D eigenvalue weighted by molar-refractivity contribution is 7.89. The molecule has 2 aliphatic heterocycles. The lowest BCUT2D eigenvalue weighted by atomic mass is 10.0. The number of nitro groups is 1. The second-order valence-electron chi connectivity index (χ2n) is 6.43. The SMILES string of the molecule is O=[N+]([O-])c1ccc(S(=O)(=O)N2CCC[C@@H]2c2ccc3c(c2)OCCO3)cc1. The van der Waals surface area contributed by atoms with Crippen molar-refractivity contribution >= 4 is 15.7 Å². The van der Waals surface area contributed by atoms with Crippen LogP contribution in [0.4, 0.5) is 5.69 Å². The summed E-state index contributed by atoms with van der Waals surface area (Å²) in [4.78, 5) is 10.3. The molecule has 142 valence electrons. The quantitative estimate of drug-likeness (QED) is 0.588. The molecule has 2 aromatic rings. The van der Waals surface area contributed by atoms with E-state index in [1.807, 2.05) is 12.1 Å². The van der Waals surface area contributed by atoms with Gasteiger partial charge in [-0.3, -0.25) is 10.1 Å². The average Bonchev–Trinajstić information content (AvgIpc) is 3.18. The maximum absolute atomic E-state index is 13.1. The summed E-state index contributed by atoms with van der Waals surface area (Å²) in [6.07, 6.45) is 1.44. The first-order chi connectivity index (χ1) is 13.0. The van der Waals surface area contributed by atoms with Crippen LogP contribution >= 0.6 is 0 Å². The molecule has 1 fully saturated rings. The van der Waals surface area contributed by atoms with Gasteiger partial charge in [0.25, 0.3) is 5.69 Å². The normalized spacial score (nSPS) is 19.8. The van der Waals surface area contributed by atoms with Crippen molar-refractivity contribution < 1.29 is 22.8 Å². The van der Waals surface area contributed by atoms with E-state index in [0.717, 1.165) is 12.0 Å². The van der Waals surface area contributed by atoms with Crippen molar-refractivity contribution in [2.45, 2.75) is 23.8 Å². The highest BCUT2D eigenvalue weighted by atomic mass is 32.2. The number of rotatable bonds is 4. The molecular weight excluding hydrogens is 372 g/mol. The fourth-order valence-corrected chi connectivity index (χ4v) is 5.19. The van der Waals surface area contributed by atoms with Crippen molar-refractivity contribution in [3.63, 3.8) is 0 Å². The van der Waals surface area contributed by atoms with Gasteiger partial charge >= 0.3 is 0 Å². The molecule has 1 saturated heterocycles. The van der Waals surface area contributed by atoms with Gasteiger partial charge in [0.05, 0.1) is 15.9 Å². The Morgan fingerprint density at radius 2 is 1.74 bits per heavy atom. The summed E-state index contributed by atoms with van der Waals surface area (Å²) >= 11 is 0. The molecule has 0 saturated carbocycles. The Balaban J connectivity index is 1.65. The zero-order chi connectivity index (χ0) is 19.0. The lowest BCUT2D eigenvalue weighted by Crippen LogP contribution is -2.30. The van der Waals surface area contributed by atoms with Crippen LogP contribution in [0, 0.1) is 10.1 Å². The zero-order valence-corrected chi connectivity index (χ0v) is 15.2. The molecule has 4 rings (SSSR count). The van der Waals surface area contributed by atoms with Crippen molar-refractivity contribution in [1.82, 2.24) is 4.31 Å². The first-order valence-corrected chi connectivity index (χ1v) is 10.1. The summed E-state index contributed by atoms with van der Waals surface area (Å²) in [5.74, 6) is 1.28. The second-order valence-corrected chi connectivity index (χ2v) is 8.32. The minimum atomic E-state index is -3.76. The lowest BCUT2D eigenvalue weighted by Gasteiger charge is -2.26. The minimum Gasteiger partial charge on any atom is -0.486 e. The van der Waals surface area contributed by atoms with Gasteiger partial charge in [0.1, 0.15) is 13.2 Å². The maximum atomic E-state index is 13.1. The standard InChI is InChI=1S/C18H18N2O6S/c21-20(22)14-4-6-15(7-5-14)27(23,24)19-9-1-2-16(19)13-3-8-17-18(12-13)26-11-10-25-17/h3-8,12,16H,1-2,9-11H2/t16-/m1/s1. The summed E-state index contributed by atoms with van der Waals surface area (Å²) in [6, 6.07) is 10.2. The molecule has 9 heteroatoms. The van der Waals surface area contributed by atoms with Crippen LogP contribution in [0.25, 0.3) is 0 Å². The van der Waals surface area contributed by atoms with Gasteiger partial charge in [0, 0.05) is 18.7 Å². The molecule has 0 unspecified atom stereocenters. The van der Waals surface area contributed by atoms with Crippen LogP contribution in [-0.2, 0) is 10.0 Å². The van der Waals surface area contributed by atoms with Crippen molar-refractivity contribution in [3.05, 3.63) is 58.1 Å². The molecule has 2 aliphatic rings. The summed E-state index contributed by atoms with van der Waals surface area (Å²) in [5.41, 5.74) is 0.709. The van der Waals surface area contributed by atoms with Gasteiger partial charge in [-0.15, -0.1) is 0 Å². The number of hydrogen-bond donors (Lipinski definition) is 0. The van der Waals surface area contributed by atoms with Gasteiger partial charge in [-0.25, -0.2) is 8.42 Å². The van der Waals surface area contributed by atoms with Crippen LogP contribution in [0.5, 0.6) is 11.5 Å². The molecule has 2 heterocycles. The van der Waals surface area contributed by atoms with E-state index in [1.54, 1.807) is 6.07 Å². The Hall–Kier alpha value is -2.65. The Labute approximate surface area is 156 Å². The Bertz CT molecular complexity index is 974. The Kier molecular flexibility index (Phi) is 4.48. The number of sulfonamides is 1. The van der Waals surface area contributed by atoms with Gasteiger partial charge in [-0.1, -0.05) is 6.07 Å². The number of non-ortho nitro benzene ring substituents is 1. The molecular formula is C18H18N2O6S. The highest BCUT2D eigenvalue weighted by Crippen LogP contribution is 2.40. The van der Waals surface area contributed by atoms with Crippen LogP contribution in [0.2, 0.25) is 0 Å². The van der Waals surface area contributed by atoms with Gasteiger partial charge in [0.15, 0.2) is 11.5 Å². The Morgan fingerprint density at radius 3 is 2.44 bits per heavy atom. The van der Waals surface area contributed by atoms with Crippen molar-refractivity contribution in [1.29, 1.82) is 0 Å². The number of ether oxygens (including phenoxy) is 2. The van der Waals surface area contributed by atoms with E-state index >= 15 is 0 Å². The summed E-state index contributed by atoms with van der Waals surface area (Å²) in [5, 5.41) is 10.8. The summed E-state index contributed by atoms with van der Waals surface area (Å²) in [7, 11) is -3.76. The predicted octanol–water partition coefficient (Wildman–Crippen LogP) is 2.89. The second kappa shape index (κ2) is 6.82. The van der Waals surface area contributed by atoms with Crippen LogP contribution in [0.1, 0.15) is 24.4 Å².